The molecule has 0 aromatic carbocycles. The van der Waals surface area contributed by atoms with E-state index in [0.717, 1.165) is 19.6 Å². The van der Waals surface area contributed by atoms with Crippen LogP contribution in [0.1, 0.15) is 12.5 Å². The van der Waals surface area contributed by atoms with Crippen LogP contribution in [0.25, 0.3) is 0 Å². The number of aromatic nitrogens is 1. The maximum absolute atomic E-state index is 8.48. The molecule has 0 aliphatic heterocycles. The normalized spacial score (nSPS) is 10.8. The fourth-order valence-corrected chi connectivity index (χ4v) is 1.34. The molecule has 2 N–H and O–H groups in total. The lowest BCUT2D eigenvalue weighted by molar-refractivity contribution is 0.0938. The number of hydrogen-bond acceptors (Lipinski definition) is 3. The second-order valence-electron chi connectivity index (χ2n) is 3.36. The van der Waals surface area contributed by atoms with Crippen LogP contribution >= 0.6 is 0 Å². The average molecular weight is 212 g/mol. The van der Waals surface area contributed by atoms with Crippen LogP contribution in [-0.4, -0.2) is 36.0 Å². The Labute approximate surface area is 90.9 Å². The first-order valence-electron chi connectivity index (χ1n) is 5.40. The van der Waals surface area contributed by atoms with Crippen LogP contribution in [-0.2, 0) is 17.8 Å². The van der Waals surface area contributed by atoms with Crippen molar-refractivity contribution >= 4 is 0 Å². The molecule has 0 saturated heterocycles. The molecular weight excluding hydrogens is 192 g/mol. The first kappa shape index (κ1) is 12.2. The number of nitrogens with zero attached hydrogens (tertiary/aromatic N) is 1. The smallest absolute Gasteiger partial charge is 0.0698 e. The van der Waals surface area contributed by atoms with Crippen LogP contribution < -0.4 is 5.32 Å². The summed E-state index contributed by atoms with van der Waals surface area (Å²) in [5.41, 5.74) is 1.29. The van der Waals surface area contributed by atoms with Crippen molar-refractivity contribution in [3.63, 3.8) is 0 Å². The SMILES string of the molecule is CCn1ccc(CNCCOCCO)c1. The molecule has 1 aromatic rings. The first-order chi connectivity index (χ1) is 7.36. The van der Waals surface area contributed by atoms with Crippen molar-refractivity contribution in [2.45, 2.75) is 20.0 Å². The highest BCUT2D eigenvalue weighted by Gasteiger charge is 1.94. The van der Waals surface area contributed by atoms with Crippen LogP contribution in [0, 0.1) is 0 Å². The summed E-state index contributed by atoms with van der Waals surface area (Å²) < 4.78 is 7.28. The van der Waals surface area contributed by atoms with Gasteiger partial charge in [-0.2, -0.15) is 0 Å². The van der Waals surface area contributed by atoms with E-state index in [9.17, 15) is 0 Å². The standard InChI is InChI=1S/C11H20N2O2/c1-2-13-5-3-11(10-13)9-12-4-7-15-8-6-14/h3,5,10,12,14H,2,4,6-9H2,1H3. The topological polar surface area (TPSA) is 46.4 Å². The van der Waals surface area contributed by atoms with E-state index in [1.165, 1.54) is 5.56 Å². The molecule has 0 saturated carbocycles. The average Bonchev–Trinajstić information content (AvgIpc) is 2.71. The van der Waals surface area contributed by atoms with E-state index in [0.29, 0.717) is 13.2 Å². The molecule has 1 rings (SSSR count). The number of rotatable bonds is 8. The summed E-state index contributed by atoms with van der Waals surface area (Å²) in [6.07, 6.45) is 4.22. The Kier molecular flexibility index (Phi) is 6.08. The third kappa shape index (κ3) is 4.97. The van der Waals surface area contributed by atoms with E-state index in [4.69, 9.17) is 9.84 Å². The van der Waals surface area contributed by atoms with Gasteiger partial charge in [-0.1, -0.05) is 0 Å². The van der Waals surface area contributed by atoms with Crippen molar-refractivity contribution in [1.29, 1.82) is 0 Å². The maximum Gasteiger partial charge on any atom is 0.0698 e. The molecule has 0 fully saturated rings. The minimum atomic E-state index is 0.0966. The van der Waals surface area contributed by atoms with Gasteiger partial charge in [0.05, 0.1) is 19.8 Å². The summed E-state index contributed by atoms with van der Waals surface area (Å²) in [6, 6.07) is 2.12. The molecule has 0 aliphatic rings. The summed E-state index contributed by atoms with van der Waals surface area (Å²) >= 11 is 0. The second-order valence-corrected chi connectivity index (χ2v) is 3.36. The minimum absolute atomic E-state index is 0.0966. The van der Waals surface area contributed by atoms with Gasteiger partial charge in [0.2, 0.25) is 0 Å². The van der Waals surface area contributed by atoms with E-state index in [2.05, 4.69) is 35.3 Å². The summed E-state index contributed by atoms with van der Waals surface area (Å²) in [5, 5.41) is 11.8. The number of ether oxygens (including phenoxy) is 1. The fraction of sp³-hybridized carbons (Fsp3) is 0.636. The molecule has 4 heteroatoms. The van der Waals surface area contributed by atoms with Crippen LogP contribution in [0.4, 0.5) is 0 Å². The number of aliphatic hydroxyl groups excluding tert-OH is 1. The zero-order valence-electron chi connectivity index (χ0n) is 9.28. The predicted molar refractivity (Wildman–Crippen MR) is 59.7 cm³/mol. The van der Waals surface area contributed by atoms with Crippen LogP contribution in [0.3, 0.4) is 0 Å². The lowest BCUT2D eigenvalue weighted by Crippen LogP contribution is -2.19. The molecule has 0 radical (unpaired) electrons. The summed E-state index contributed by atoms with van der Waals surface area (Å²) in [6.45, 7) is 5.99. The Bertz CT molecular complexity index is 261. The third-order valence-electron chi connectivity index (χ3n) is 2.16. The summed E-state index contributed by atoms with van der Waals surface area (Å²) in [4.78, 5) is 0. The van der Waals surface area contributed by atoms with Crippen molar-refractivity contribution in [3.05, 3.63) is 24.0 Å². The van der Waals surface area contributed by atoms with Crippen LogP contribution in [0.5, 0.6) is 0 Å². The molecule has 0 bridgehead atoms. The Morgan fingerprint density at radius 2 is 2.33 bits per heavy atom. The molecule has 0 atom stereocenters. The summed E-state index contributed by atoms with van der Waals surface area (Å²) in [5.74, 6) is 0. The maximum atomic E-state index is 8.48. The Morgan fingerprint density at radius 1 is 1.47 bits per heavy atom. The van der Waals surface area contributed by atoms with E-state index in [1.54, 1.807) is 0 Å². The van der Waals surface area contributed by atoms with Gasteiger partial charge >= 0.3 is 0 Å². The number of aryl methyl sites for hydroxylation is 1. The Morgan fingerprint density at radius 3 is 3.00 bits per heavy atom. The Balaban J connectivity index is 2.04. The zero-order valence-corrected chi connectivity index (χ0v) is 9.28. The van der Waals surface area contributed by atoms with Gasteiger partial charge < -0.3 is 19.7 Å². The van der Waals surface area contributed by atoms with Gasteiger partial charge in [0.25, 0.3) is 0 Å². The zero-order chi connectivity index (χ0) is 10.9. The minimum Gasteiger partial charge on any atom is -0.394 e. The molecular formula is C11H20N2O2. The van der Waals surface area contributed by atoms with E-state index < -0.39 is 0 Å². The highest BCUT2D eigenvalue weighted by molar-refractivity contribution is 5.09. The Hall–Kier alpha value is -0.840. The molecule has 86 valence electrons. The quantitative estimate of drug-likeness (QED) is 0.621. The largest absolute Gasteiger partial charge is 0.394 e. The van der Waals surface area contributed by atoms with Crippen molar-refractivity contribution in [1.82, 2.24) is 9.88 Å². The van der Waals surface area contributed by atoms with Gasteiger partial charge in [-0.15, -0.1) is 0 Å². The van der Waals surface area contributed by atoms with Gasteiger partial charge in [-0.3, -0.25) is 0 Å². The summed E-state index contributed by atoms with van der Waals surface area (Å²) in [7, 11) is 0. The van der Waals surface area contributed by atoms with E-state index in [1.807, 2.05) is 0 Å². The highest BCUT2D eigenvalue weighted by atomic mass is 16.5. The van der Waals surface area contributed by atoms with Gasteiger partial charge in [0.1, 0.15) is 0 Å². The molecule has 0 spiro atoms. The molecule has 1 heterocycles. The second kappa shape index (κ2) is 7.45. The predicted octanol–water partition coefficient (Wildman–Crippen LogP) is 0.606. The molecule has 0 amide bonds. The third-order valence-corrected chi connectivity index (χ3v) is 2.16. The highest BCUT2D eigenvalue weighted by Crippen LogP contribution is 2.00. The molecule has 4 nitrogen and oxygen atoms in total. The number of nitrogens with one attached hydrogen (secondary N) is 1. The van der Waals surface area contributed by atoms with Gasteiger partial charge in [-0.25, -0.2) is 0 Å². The van der Waals surface area contributed by atoms with Crippen LogP contribution in [0.15, 0.2) is 18.5 Å². The van der Waals surface area contributed by atoms with Crippen molar-refractivity contribution in [2.24, 2.45) is 0 Å². The van der Waals surface area contributed by atoms with E-state index >= 15 is 0 Å². The fourth-order valence-electron chi connectivity index (χ4n) is 1.34. The molecule has 1 aromatic heterocycles. The first-order valence-corrected chi connectivity index (χ1v) is 5.40. The molecule has 0 aliphatic carbocycles. The monoisotopic (exact) mass is 212 g/mol. The number of aliphatic hydroxyl groups is 1. The van der Waals surface area contributed by atoms with Crippen molar-refractivity contribution in [3.8, 4) is 0 Å². The van der Waals surface area contributed by atoms with Crippen molar-refractivity contribution in [2.75, 3.05) is 26.4 Å². The van der Waals surface area contributed by atoms with Gasteiger partial charge in [0.15, 0.2) is 0 Å². The van der Waals surface area contributed by atoms with E-state index in [-0.39, 0.29) is 6.61 Å². The van der Waals surface area contributed by atoms with Gasteiger partial charge in [-0.05, 0) is 18.6 Å². The molecule has 15 heavy (non-hydrogen) atoms. The number of hydrogen-bond donors (Lipinski definition) is 2. The lowest BCUT2D eigenvalue weighted by atomic mass is 10.3. The van der Waals surface area contributed by atoms with Crippen LogP contribution in [0.2, 0.25) is 0 Å². The van der Waals surface area contributed by atoms with Crippen molar-refractivity contribution < 1.29 is 9.84 Å². The lowest BCUT2D eigenvalue weighted by Gasteiger charge is -2.03. The van der Waals surface area contributed by atoms with Gasteiger partial charge in [0, 0.05) is 32.0 Å². The molecule has 0 unspecified atom stereocenters.